The van der Waals surface area contributed by atoms with Crippen LogP contribution < -0.4 is 5.32 Å². The molecule has 1 aliphatic heterocycles. The number of esters is 2. The van der Waals surface area contributed by atoms with E-state index in [0.717, 1.165) is 6.07 Å². The maximum atomic E-state index is 15.4. The van der Waals surface area contributed by atoms with Crippen LogP contribution in [-0.4, -0.2) is 30.2 Å². The lowest BCUT2D eigenvalue weighted by atomic mass is 9.63. The predicted octanol–water partition coefficient (Wildman–Crippen LogP) is 6.09. The van der Waals surface area contributed by atoms with Crippen LogP contribution in [0.3, 0.4) is 0 Å². The van der Waals surface area contributed by atoms with Crippen molar-refractivity contribution in [1.29, 1.82) is 5.26 Å². The van der Waals surface area contributed by atoms with Crippen LogP contribution in [0.5, 0.6) is 0 Å². The molecule has 1 heterocycles. The number of nitrogens with zero attached hydrogens (tertiary/aromatic N) is 1. The molecular formula is C25H22Cl2F4N2O3. The Balaban J connectivity index is 2.29. The van der Waals surface area contributed by atoms with Gasteiger partial charge < -0.3 is 4.74 Å². The summed E-state index contributed by atoms with van der Waals surface area (Å²) in [6, 6.07) is 9.30. The summed E-state index contributed by atoms with van der Waals surface area (Å²) in [7, 11) is 0. The standard InChI is InChI=1S/C25H22Cl2F4N2O3/c1-23(2,3)11-18-24(12-32,16-8-7-15(27)10-17(16)28)19(13-5-4-6-14(26)9-13)20(33-18)21(34)36-22(35)25(29,30)31/h4-10,18-20,33H,11H2,1-3H3/t18-,19-,20+,24-/m0/s1. The number of alkyl halides is 3. The summed E-state index contributed by atoms with van der Waals surface area (Å²) in [5.41, 5.74) is -2.14. The molecule has 0 aromatic heterocycles. The van der Waals surface area contributed by atoms with Gasteiger partial charge in [-0.2, -0.15) is 18.4 Å². The number of carbonyl (C=O) groups is 2. The molecule has 4 atom stereocenters. The summed E-state index contributed by atoms with van der Waals surface area (Å²) in [6.45, 7) is 5.55. The average molecular weight is 545 g/mol. The smallest absolute Gasteiger partial charge is 0.385 e. The average Bonchev–Trinajstić information content (AvgIpc) is 3.06. The number of carbonyl (C=O) groups excluding carboxylic acids is 2. The van der Waals surface area contributed by atoms with Crippen molar-refractivity contribution in [2.24, 2.45) is 5.41 Å². The van der Waals surface area contributed by atoms with Crippen LogP contribution >= 0.6 is 23.2 Å². The van der Waals surface area contributed by atoms with Crippen molar-refractivity contribution in [2.75, 3.05) is 0 Å². The molecule has 0 radical (unpaired) electrons. The topological polar surface area (TPSA) is 79.2 Å². The lowest BCUT2D eigenvalue weighted by Gasteiger charge is -2.37. The number of nitrogens with one attached hydrogen (secondary N) is 1. The van der Waals surface area contributed by atoms with Gasteiger partial charge in [-0.1, -0.05) is 62.2 Å². The van der Waals surface area contributed by atoms with Crippen LogP contribution in [0, 0.1) is 22.6 Å². The zero-order valence-corrected chi connectivity index (χ0v) is 20.9. The van der Waals surface area contributed by atoms with Gasteiger partial charge in [-0.15, -0.1) is 0 Å². The third-order valence-corrected chi connectivity index (χ3v) is 6.49. The molecule has 0 spiro atoms. The van der Waals surface area contributed by atoms with Crippen LogP contribution in [0.4, 0.5) is 17.6 Å². The van der Waals surface area contributed by atoms with Gasteiger partial charge in [-0.3, -0.25) is 5.32 Å². The second-order valence-corrected chi connectivity index (χ2v) is 10.7. The van der Waals surface area contributed by atoms with E-state index < -0.39 is 52.8 Å². The zero-order chi connectivity index (χ0) is 27.1. The Morgan fingerprint density at radius 3 is 2.28 bits per heavy atom. The predicted molar refractivity (Wildman–Crippen MR) is 125 cm³/mol. The summed E-state index contributed by atoms with van der Waals surface area (Å²) in [5, 5.41) is 13.8. The third kappa shape index (κ3) is 5.51. The number of nitriles is 1. The van der Waals surface area contributed by atoms with Crippen LogP contribution in [0.1, 0.15) is 44.2 Å². The Labute approximate surface area is 215 Å². The Morgan fingerprint density at radius 2 is 1.75 bits per heavy atom. The molecule has 36 heavy (non-hydrogen) atoms. The Bertz CT molecular complexity index is 1220. The first-order chi connectivity index (χ1) is 16.6. The lowest BCUT2D eigenvalue weighted by molar-refractivity contribution is -0.202. The summed E-state index contributed by atoms with van der Waals surface area (Å²) in [6.07, 6.45) is -5.21. The summed E-state index contributed by atoms with van der Waals surface area (Å²) in [5.74, 6) is -6.36. The highest BCUT2D eigenvalue weighted by Crippen LogP contribution is 2.52. The Hall–Kier alpha value is -2.67. The Morgan fingerprint density at radius 1 is 1.11 bits per heavy atom. The van der Waals surface area contributed by atoms with Gasteiger partial charge in [0.05, 0.1) is 6.07 Å². The SMILES string of the molecule is CC(C)(C)C[C@@H]1N[C@@H](C(=O)OC(=O)C(F)(F)F)[C@H](c2cccc(Cl)c2)[C@@]1(C#N)c1ccc(Cl)cc1F. The van der Waals surface area contributed by atoms with Gasteiger partial charge in [0, 0.05) is 27.6 Å². The molecule has 2 aromatic rings. The summed E-state index contributed by atoms with van der Waals surface area (Å²) >= 11 is 12.1. The van der Waals surface area contributed by atoms with Gasteiger partial charge in [-0.25, -0.2) is 14.0 Å². The van der Waals surface area contributed by atoms with Crippen molar-refractivity contribution in [3.05, 3.63) is 69.5 Å². The van der Waals surface area contributed by atoms with E-state index >= 15 is 4.39 Å². The highest BCUT2D eigenvalue weighted by molar-refractivity contribution is 6.30. The fraction of sp³-hybridized carbons (Fsp3) is 0.400. The fourth-order valence-electron chi connectivity index (χ4n) is 4.72. The zero-order valence-electron chi connectivity index (χ0n) is 19.4. The molecule has 2 aromatic carbocycles. The first-order valence-electron chi connectivity index (χ1n) is 10.8. The largest absolute Gasteiger partial charge is 0.491 e. The van der Waals surface area contributed by atoms with Gasteiger partial charge in [0.25, 0.3) is 0 Å². The van der Waals surface area contributed by atoms with Crippen LogP contribution in [-0.2, 0) is 19.7 Å². The van der Waals surface area contributed by atoms with Crippen molar-refractivity contribution in [1.82, 2.24) is 5.32 Å². The molecule has 11 heteroatoms. The highest BCUT2D eigenvalue weighted by Gasteiger charge is 2.61. The second kappa shape index (κ2) is 10.0. The summed E-state index contributed by atoms with van der Waals surface area (Å²) in [4.78, 5) is 24.5. The van der Waals surface area contributed by atoms with E-state index in [4.69, 9.17) is 23.2 Å². The molecule has 0 aliphatic carbocycles. The van der Waals surface area contributed by atoms with E-state index in [2.05, 4.69) is 16.1 Å². The van der Waals surface area contributed by atoms with Crippen molar-refractivity contribution < 1.29 is 31.9 Å². The van der Waals surface area contributed by atoms with Gasteiger partial charge in [-0.05, 0) is 41.7 Å². The molecular weight excluding hydrogens is 523 g/mol. The summed E-state index contributed by atoms with van der Waals surface area (Å²) < 4.78 is 58.1. The van der Waals surface area contributed by atoms with E-state index in [9.17, 15) is 28.0 Å². The van der Waals surface area contributed by atoms with Gasteiger partial charge in [0.15, 0.2) is 0 Å². The van der Waals surface area contributed by atoms with E-state index in [1.807, 2.05) is 20.8 Å². The minimum absolute atomic E-state index is 0.0636. The van der Waals surface area contributed by atoms with Crippen molar-refractivity contribution >= 4 is 35.1 Å². The number of hydrogen-bond donors (Lipinski definition) is 1. The third-order valence-electron chi connectivity index (χ3n) is 6.02. The minimum atomic E-state index is -5.42. The molecule has 3 rings (SSSR count). The molecule has 1 aliphatic rings. The highest BCUT2D eigenvalue weighted by atomic mass is 35.5. The number of benzene rings is 2. The normalized spacial score (nSPS) is 24.3. The van der Waals surface area contributed by atoms with Crippen molar-refractivity contribution in [2.45, 2.75) is 56.8 Å². The molecule has 1 saturated heterocycles. The van der Waals surface area contributed by atoms with E-state index in [-0.39, 0.29) is 27.6 Å². The van der Waals surface area contributed by atoms with Crippen LogP contribution in [0.25, 0.3) is 0 Å². The molecule has 0 saturated carbocycles. The number of rotatable bonds is 4. The molecule has 192 valence electrons. The number of hydrogen-bond acceptors (Lipinski definition) is 5. The van der Waals surface area contributed by atoms with Crippen molar-refractivity contribution in [3.63, 3.8) is 0 Å². The second-order valence-electron chi connectivity index (χ2n) is 9.81. The minimum Gasteiger partial charge on any atom is -0.385 e. The molecule has 5 nitrogen and oxygen atoms in total. The van der Waals surface area contributed by atoms with Crippen LogP contribution in [0.2, 0.25) is 10.0 Å². The van der Waals surface area contributed by atoms with Crippen molar-refractivity contribution in [3.8, 4) is 6.07 Å². The molecule has 0 amide bonds. The molecule has 0 bridgehead atoms. The maximum absolute atomic E-state index is 15.4. The fourth-order valence-corrected chi connectivity index (χ4v) is 5.07. The quantitative estimate of drug-likeness (QED) is 0.286. The first kappa shape index (κ1) is 27.9. The molecule has 0 unspecified atom stereocenters. The number of halogens is 6. The lowest BCUT2D eigenvalue weighted by Crippen LogP contribution is -2.44. The number of ether oxygens (including phenoxy) is 1. The van der Waals surface area contributed by atoms with E-state index in [0.29, 0.717) is 0 Å². The molecule has 1 N–H and O–H groups in total. The van der Waals surface area contributed by atoms with Gasteiger partial charge in [0.1, 0.15) is 17.3 Å². The van der Waals surface area contributed by atoms with E-state index in [1.165, 1.54) is 36.4 Å². The monoisotopic (exact) mass is 544 g/mol. The maximum Gasteiger partial charge on any atom is 0.491 e. The van der Waals surface area contributed by atoms with Gasteiger partial charge in [0.2, 0.25) is 0 Å². The molecule has 1 fully saturated rings. The first-order valence-corrected chi connectivity index (χ1v) is 11.6. The van der Waals surface area contributed by atoms with Crippen LogP contribution in [0.15, 0.2) is 42.5 Å². The van der Waals surface area contributed by atoms with E-state index in [1.54, 1.807) is 0 Å². The Kier molecular flexibility index (Phi) is 7.75. The van der Waals surface area contributed by atoms with Gasteiger partial charge >= 0.3 is 18.1 Å².